The lowest BCUT2D eigenvalue weighted by atomic mass is 10.1. The number of carbonyl (C=O) groups excluding carboxylic acids is 1. The highest BCUT2D eigenvalue weighted by Gasteiger charge is 2.15. The highest BCUT2D eigenvalue weighted by molar-refractivity contribution is 5.67. The van der Waals surface area contributed by atoms with E-state index in [1.807, 2.05) is 27.7 Å². The third-order valence-corrected chi connectivity index (χ3v) is 1.85. The molecule has 4 heteroatoms. The Morgan fingerprint density at radius 3 is 2.53 bits per heavy atom. The lowest BCUT2D eigenvalue weighted by Crippen LogP contribution is -2.33. The van der Waals surface area contributed by atoms with Crippen molar-refractivity contribution in [3.8, 4) is 0 Å². The maximum atomic E-state index is 11.2. The second kappa shape index (κ2) is 6.67. The minimum Gasteiger partial charge on any atom is -0.444 e. The largest absolute Gasteiger partial charge is 0.444 e. The van der Waals surface area contributed by atoms with E-state index < -0.39 is 5.60 Å². The normalized spacial score (nSPS) is 13.4. The predicted octanol–water partition coefficient (Wildman–Crippen LogP) is 1.92. The van der Waals surface area contributed by atoms with Crippen LogP contribution in [0.2, 0.25) is 0 Å². The van der Waals surface area contributed by atoms with E-state index >= 15 is 0 Å². The summed E-state index contributed by atoms with van der Waals surface area (Å²) in [6.07, 6.45) is 1.40. The molecule has 1 amide bonds. The molecule has 0 aromatic carbocycles. The van der Waals surface area contributed by atoms with E-state index in [9.17, 15) is 4.79 Å². The van der Waals surface area contributed by atoms with Crippen LogP contribution >= 0.6 is 0 Å². The summed E-state index contributed by atoms with van der Waals surface area (Å²) in [6.45, 7) is 8.28. The van der Waals surface area contributed by atoms with Gasteiger partial charge in [0.15, 0.2) is 0 Å². The number of aliphatic hydroxyl groups excluding tert-OH is 1. The quantitative estimate of drug-likeness (QED) is 0.692. The number of nitrogens with one attached hydrogen (secondary N) is 1. The molecule has 15 heavy (non-hydrogen) atoms. The molecular weight excluding hydrogens is 194 g/mol. The maximum Gasteiger partial charge on any atom is 0.407 e. The van der Waals surface area contributed by atoms with Crippen LogP contribution in [0.15, 0.2) is 0 Å². The van der Waals surface area contributed by atoms with Crippen molar-refractivity contribution >= 4 is 6.09 Å². The van der Waals surface area contributed by atoms with Crippen LogP contribution in [0, 0.1) is 5.92 Å². The average Bonchev–Trinajstić information content (AvgIpc) is 2.09. The monoisotopic (exact) mass is 217 g/mol. The molecule has 0 aliphatic heterocycles. The number of carbonyl (C=O) groups is 1. The number of aliphatic hydroxyl groups is 1. The van der Waals surface area contributed by atoms with Crippen molar-refractivity contribution < 1.29 is 14.6 Å². The third-order valence-electron chi connectivity index (χ3n) is 1.85. The highest BCUT2D eigenvalue weighted by Crippen LogP contribution is 2.07. The number of alkyl carbamates (subject to hydrolysis) is 1. The summed E-state index contributed by atoms with van der Waals surface area (Å²) in [5.41, 5.74) is -0.442. The van der Waals surface area contributed by atoms with Gasteiger partial charge < -0.3 is 15.2 Å². The number of rotatable bonds is 5. The van der Waals surface area contributed by atoms with Gasteiger partial charge in [-0.15, -0.1) is 0 Å². The summed E-state index contributed by atoms with van der Waals surface area (Å²) in [7, 11) is 0. The SMILES string of the molecule is CC(CO)CCCNC(=O)OC(C)(C)C. The molecule has 90 valence electrons. The van der Waals surface area contributed by atoms with E-state index in [2.05, 4.69) is 5.32 Å². The fraction of sp³-hybridized carbons (Fsp3) is 0.909. The van der Waals surface area contributed by atoms with Gasteiger partial charge in [-0.2, -0.15) is 0 Å². The molecule has 0 fully saturated rings. The van der Waals surface area contributed by atoms with Crippen LogP contribution < -0.4 is 5.32 Å². The lowest BCUT2D eigenvalue weighted by Gasteiger charge is -2.19. The first kappa shape index (κ1) is 14.2. The van der Waals surface area contributed by atoms with Gasteiger partial charge in [0.2, 0.25) is 0 Å². The summed E-state index contributed by atoms with van der Waals surface area (Å²) >= 11 is 0. The highest BCUT2D eigenvalue weighted by atomic mass is 16.6. The standard InChI is InChI=1S/C11H23NO3/c1-9(8-13)6-5-7-12-10(14)15-11(2,3)4/h9,13H,5-8H2,1-4H3,(H,12,14). The molecule has 0 aliphatic carbocycles. The van der Waals surface area contributed by atoms with Gasteiger partial charge in [0.25, 0.3) is 0 Å². The van der Waals surface area contributed by atoms with E-state index in [4.69, 9.17) is 9.84 Å². The number of amides is 1. The summed E-state index contributed by atoms with van der Waals surface area (Å²) in [6, 6.07) is 0. The van der Waals surface area contributed by atoms with Crippen LogP contribution in [0.4, 0.5) is 4.79 Å². The van der Waals surface area contributed by atoms with E-state index in [1.165, 1.54) is 0 Å². The Kier molecular flexibility index (Phi) is 6.32. The molecule has 1 unspecified atom stereocenters. The van der Waals surface area contributed by atoms with Crippen molar-refractivity contribution in [1.82, 2.24) is 5.32 Å². The minimum atomic E-state index is -0.442. The van der Waals surface area contributed by atoms with E-state index in [1.54, 1.807) is 0 Å². The van der Waals surface area contributed by atoms with Crippen molar-refractivity contribution in [2.24, 2.45) is 5.92 Å². The zero-order valence-corrected chi connectivity index (χ0v) is 10.2. The molecule has 1 atom stereocenters. The first-order valence-corrected chi connectivity index (χ1v) is 5.43. The molecule has 0 radical (unpaired) electrons. The van der Waals surface area contributed by atoms with Crippen LogP contribution in [-0.4, -0.2) is 30.0 Å². The molecule has 0 aromatic heterocycles. The maximum absolute atomic E-state index is 11.2. The van der Waals surface area contributed by atoms with Crippen molar-refractivity contribution in [2.45, 2.75) is 46.1 Å². The molecule has 0 saturated carbocycles. The molecule has 2 N–H and O–H groups in total. The van der Waals surface area contributed by atoms with Crippen LogP contribution in [0.5, 0.6) is 0 Å². The molecule has 0 aromatic rings. The molecule has 0 bridgehead atoms. The topological polar surface area (TPSA) is 58.6 Å². The van der Waals surface area contributed by atoms with Gasteiger partial charge in [-0.3, -0.25) is 0 Å². The lowest BCUT2D eigenvalue weighted by molar-refractivity contribution is 0.0526. The second-order valence-corrected chi connectivity index (χ2v) is 4.86. The van der Waals surface area contributed by atoms with Gasteiger partial charge in [0.1, 0.15) is 5.60 Å². The van der Waals surface area contributed by atoms with Crippen molar-refractivity contribution in [1.29, 1.82) is 0 Å². The van der Waals surface area contributed by atoms with E-state index in [0.717, 1.165) is 12.8 Å². The number of ether oxygens (including phenoxy) is 1. The summed E-state index contributed by atoms with van der Waals surface area (Å²) in [5.74, 6) is 0.297. The third kappa shape index (κ3) is 9.53. The number of hydrogen-bond acceptors (Lipinski definition) is 3. The first-order valence-electron chi connectivity index (χ1n) is 5.43. The molecule has 0 aliphatic rings. The molecule has 0 heterocycles. The Hall–Kier alpha value is -0.770. The molecule has 0 saturated heterocycles. The molecular formula is C11H23NO3. The van der Waals surface area contributed by atoms with E-state index in [0.29, 0.717) is 12.5 Å². The van der Waals surface area contributed by atoms with E-state index in [-0.39, 0.29) is 12.7 Å². The Morgan fingerprint density at radius 2 is 2.07 bits per heavy atom. The smallest absolute Gasteiger partial charge is 0.407 e. The fourth-order valence-corrected chi connectivity index (χ4v) is 1.05. The van der Waals surface area contributed by atoms with Crippen molar-refractivity contribution in [3.63, 3.8) is 0 Å². The van der Waals surface area contributed by atoms with Crippen LogP contribution in [-0.2, 0) is 4.74 Å². The van der Waals surface area contributed by atoms with Crippen LogP contribution in [0.25, 0.3) is 0 Å². The van der Waals surface area contributed by atoms with Gasteiger partial charge in [0, 0.05) is 13.2 Å². The van der Waals surface area contributed by atoms with Gasteiger partial charge in [-0.25, -0.2) is 4.79 Å². The zero-order valence-electron chi connectivity index (χ0n) is 10.2. The van der Waals surface area contributed by atoms with Gasteiger partial charge in [-0.05, 0) is 39.5 Å². The Bertz CT molecular complexity index is 187. The Morgan fingerprint density at radius 1 is 1.47 bits per heavy atom. The molecule has 4 nitrogen and oxygen atoms in total. The van der Waals surface area contributed by atoms with Crippen molar-refractivity contribution in [3.05, 3.63) is 0 Å². The average molecular weight is 217 g/mol. The predicted molar refractivity (Wildman–Crippen MR) is 59.7 cm³/mol. The van der Waals surface area contributed by atoms with Crippen LogP contribution in [0.3, 0.4) is 0 Å². The summed E-state index contributed by atoms with van der Waals surface area (Å²) in [4.78, 5) is 11.2. The number of hydrogen-bond donors (Lipinski definition) is 2. The van der Waals surface area contributed by atoms with Crippen LogP contribution in [0.1, 0.15) is 40.5 Å². The van der Waals surface area contributed by atoms with Gasteiger partial charge in [0.05, 0.1) is 0 Å². The second-order valence-electron chi connectivity index (χ2n) is 4.86. The Balaban J connectivity index is 3.48. The van der Waals surface area contributed by atoms with Crippen molar-refractivity contribution in [2.75, 3.05) is 13.2 Å². The van der Waals surface area contributed by atoms with Gasteiger partial charge >= 0.3 is 6.09 Å². The molecule has 0 spiro atoms. The fourth-order valence-electron chi connectivity index (χ4n) is 1.05. The zero-order chi connectivity index (χ0) is 11.9. The molecule has 0 rings (SSSR count). The minimum absolute atomic E-state index is 0.201. The summed E-state index contributed by atoms with van der Waals surface area (Å²) in [5, 5.41) is 11.5. The Labute approximate surface area is 92.0 Å². The summed E-state index contributed by atoms with van der Waals surface area (Å²) < 4.78 is 5.07. The first-order chi connectivity index (χ1) is 6.85. The van der Waals surface area contributed by atoms with Gasteiger partial charge in [-0.1, -0.05) is 6.92 Å².